The predicted molar refractivity (Wildman–Crippen MR) is 65.8 cm³/mol. The van der Waals surface area contributed by atoms with Crippen molar-refractivity contribution >= 4 is 22.6 Å². The molecule has 1 aliphatic heterocycles. The van der Waals surface area contributed by atoms with E-state index < -0.39 is 11.6 Å². The maximum atomic E-state index is 13.6. The molecule has 0 fully saturated rings. The molecule has 2 heterocycles. The second-order valence-electron chi connectivity index (χ2n) is 3.66. The molecule has 0 saturated heterocycles. The van der Waals surface area contributed by atoms with Crippen LogP contribution in [-0.4, -0.2) is 16.2 Å². The van der Waals surface area contributed by atoms with Crippen molar-refractivity contribution in [3.63, 3.8) is 0 Å². The van der Waals surface area contributed by atoms with Gasteiger partial charge in [-0.05, 0) is 34.7 Å². The second kappa shape index (κ2) is 3.94. The smallest absolute Gasteiger partial charge is 0.297 e. The lowest BCUT2D eigenvalue weighted by Gasteiger charge is -2.01. The van der Waals surface area contributed by atoms with Crippen LogP contribution in [-0.2, 0) is 6.54 Å². The van der Waals surface area contributed by atoms with Crippen molar-refractivity contribution in [3.8, 4) is 17.3 Å². The van der Waals surface area contributed by atoms with Crippen molar-refractivity contribution in [1.29, 1.82) is 0 Å². The normalized spacial score (nSPS) is 13.6. The summed E-state index contributed by atoms with van der Waals surface area (Å²) in [5.74, 6) is -1.20. The number of benzene rings is 1. The summed E-state index contributed by atoms with van der Waals surface area (Å²) >= 11 is 2.09. The summed E-state index contributed by atoms with van der Waals surface area (Å²) in [5.41, 5.74) is 0.791. The molecule has 0 amide bonds. The average Bonchev–Trinajstić information content (AvgIpc) is 2.83. The summed E-state index contributed by atoms with van der Waals surface area (Å²) in [6, 6.07) is 3.97. The lowest BCUT2D eigenvalue weighted by Crippen LogP contribution is -1.97. The van der Waals surface area contributed by atoms with Crippen LogP contribution >= 0.6 is 22.6 Å². The van der Waals surface area contributed by atoms with Gasteiger partial charge in [0.25, 0.3) is 6.01 Å². The fourth-order valence-electron chi connectivity index (χ4n) is 1.80. The number of halogens is 3. The van der Waals surface area contributed by atoms with E-state index in [4.69, 9.17) is 4.74 Å². The van der Waals surface area contributed by atoms with Crippen molar-refractivity contribution in [3.05, 3.63) is 33.5 Å². The molecule has 0 aliphatic carbocycles. The third kappa shape index (κ3) is 1.70. The van der Waals surface area contributed by atoms with Gasteiger partial charge >= 0.3 is 0 Å². The highest BCUT2D eigenvalue weighted by molar-refractivity contribution is 14.1. The molecule has 3 rings (SSSR count). The van der Waals surface area contributed by atoms with Crippen LogP contribution in [0.2, 0.25) is 0 Å². The zero-order valence-corrected chi connectivity index (χ0v) is 10.7. The first kappa shape index (κ1) is 10.9. The minimum Gasteiger partial charge on any atom is -0.463 e. The number of ether oxygens (including phenoxy) is 1. The van der Waals surface area contributed by atoms with Crippen LogP contribution in [0.15, 0.2) is 18.2 Å². The Morgan fingerprint density at radius 2 is 2.18 bits per heavy atom. The van der Waals surface area contributed by atoms with Crippen LogP contribution in [0.1, 0.15) is 0 Å². The lowest BCUT2D eigenvalue weighted by molar-refractivity contribution is 0.345. The molecule has 0 N–H and O–H groups in total. The van der Waals surface area contributed by atoms with Crippen molar-refractivity contribution in [1.82, 2.24) is 9.55 Å². The molecule has 1 aliphatic rings. The standard InChI is InChI=1S/C11H7F2IN2O/c12-6-1-2-7(8(13)5-6)9-10(14)16-3-4-17-11(16)15-9/h1-2,5H,3-4H2. The van der Waals surface area contributed by atoms with Gasteiger partial charge in [-0.2, -0.15) is 4.98 Å². The van der Waals surface area contributed by atoms with E-state index in [0.717, 1.165) is 9.77 Å². The number of rotatable bonds is 1. The number of fused-ring (bicyclic) bond motifs is 1. The Bertz CT molecular complexity index is 597. The summed E-state index contributed by atoms with van der Waals surface area (Å²) in [7, 11) is 0. The summed E-state index contributed by atoms with van der Waals surface area (Å²) < 4.78 is 34.5. The Kier molecular flexibility index (Phi) is 2.53. The zero-order chi connectivity index (χ0) is 12.0. The highest BCUT2D eigenvalue weighted by Crippen LogP contribution is 2.32. The van der Waals surface area contributed by atoms with E-state index in [0.29, 0.717) is 30.4 Å². The van der Waals surface area contributed by atoms with E-state index in [1.54, 1.807) is 0 Å². The first-order valence-electron chi connectivity index (χ1n) is 5.01. The Morgan fingerprint density at radius 3 is 2.88 bits per heavy atom. The topological polar surface area (TPSA) is 27.1 Å². The number of hydrogen-bond acceptors (Lipinski definition) is 2. The van der Waals surface area contributed by atoms with Gasteiger partial charge in [-0.25, -0.2) is 8.78 Å². The molecule has 88 valence electrons. The highest BCUT2D eigenvalue weighted by Gasteiger charge is 2.23. The first-order valence-corrected chi connectivity index (χ1v) is 6.09. The predicted octanol–water partition coefficient (Wildman–Crippen LogP) is 2.83. The minimum absolute atomic E-state index is 0.293. The van der Waals surface area contributed by atoms with Gasteiger partial charge < -0.3 is 4.74 Å². The SMILES string of the molecule is Fc1ccc(-c2nc3n(c2I)CCO3)c(F)c1. The van der Waals surface area contributed by atoms with Gasteiger partial charge in [0, 0.05) is 11.6 Å². The Hall–Kier alpha value is -1.18. The Morgan fingerprint density at radius 1 is 1.35 bits per heavy atom. The molecule has 6 heteroatoms. The van der Waals surface area contributed by atoms with Crippen LogP contribution < -0.4 is 4.74 Å². The third-order valence-electron chi connectivity index (χ3n) is 2.60. The molecule has 0 radical (unpaired) electrons. The zero-order valence-electron chi connectivity index (χ0n) is 8.58. The minimum atomic E-state index is -0.611. The molecule has 17 heavy (non-hydrogen) atoms. The third-order valence-corrected chi connectivity index (χ3v) is 3.70. The molecule has 3 nitrogen and oxygen atoms in total. The molecule has 1 aromatic heterocycles. The van der Waals surface area contributed by atoms with Gasteiger partial charge in [0.1, 0.15) is 27.6 Å². The van der Waals surface area contributed by atoms with Crippen LogP contribution in [0.3, 0.4) is 0 Å². The van der Waals surface area contributed by atoms with Gasteiger partial charge in [-0.3, -0.25) is 4.57 Å². The Labute approximate surface area is 110 Å². The van der Waals surface area contributed by atoms with E-state index in [2.05, 4.69) is 27.6 Å². The van der Waals surface area contributed by atoms with Gasteiger partial charge in [0.2, 0.25) is 0 Å². The lowest BCUT2D eigenvalue weighted by atomic mass is 10.1. The van der Waals surface area contributed by atoms with Crippen molar-refractivity contribution in [2.24, 2.45) is 0 Å². The second-order valence-corrected chi connectivity index (χ2v) is 4.68. The molecule has 1 aromatic carbocycles. The summed E-state index contributed by atoms with van der Waals surface area (Å²) in [6.07, 6.45) is 0. The summed E-state index contributed by atoms with van der Waals surface area (Å²) in [5, 5.41) is 0. The Balaban J connectivity index is 2.16. The van der Waals surface area contributed by atoms with E-state index >= 15 is 0 Å². The van der Waals surface area contributed by atoms with Gasteiger partial charge in [-0.15, -0.1) is 0 Å². The highest BCUT2D eigenvalue weighted by atomic mass is 127. The quantitative estimate of drug-likeness (QED) is 0.742. The van der Waals surface area contributed by atoms with Gasteiger partial charge in [-0.1, -0.05) is 0 Å². The van der Waals surface area contributed by atoms with Crippen LogP contribution in [0, 0.1) is 15.3 Å². The largest absolute Gasteiger partial charge is 0.463 e. The molecule has 0 atom stereocenters. The fourth-order valence-corrected chi connectivity index (χ4v) is 2.66. The molecular weight excluding hydrogens is 341 g/mol. The number of hydrogen-bond donors (Lipinski definition) is 0. The van der Waals surface area contributed by atoms with Gasteiger partial charge in [0.05, 0.1) is 6.54 Å². The molecule has 0 saturated carbocycles. The number of imidazole rings is 1. The monoisotopic (exact) mass is 348 g/mol. The average molecular weight is 348 g/mol. The summed E-state index contributed by atoms with van der Waals surface area (Å²) in [6.45, 7) is 1.30. The number of aromatic nitrogens is 2. The maximum absolute atomic E-state index is 13.6. The molecule has 0 unspecified atom stereocenters. The first-order chi connectivity index (χ1) is 8.16. The van der Waals surface area contributed by atoms with Crippen molar-refractivity contribution in [2.45, 2.75) is 6.54 Å². The van der Waals surface area contributed by atoms with Gasteiger partial charge in [0.15, 0.2) is 0 Å². The van der Waals surface area contributed by atoms with Crippen molar-refractivity contribution in [2.75, 3.05) is 6.61 Å². The molecule has 0 bridgehead atoms. The van der Waals surface area contributed by atoms with E-state index in [1.807, 2.05) is 4.57 Å². The van der Waals surface area contributed by atoms with Crippen LogP contribution in [0.4, 0.5) is 8.78 Å². The maximum Gasteiger partial charge on any atom is 0.297 e. The molecule has 2 aromatic rings. The number of nitrogens with zero attached hydrogens (tertiary/aromatic N) is 2. The van der Waals surface area contributed by atoms with Crippen LogP contribution in [0.5, 0.6) is 6.01 Å². The fraction of sp³-hybridized carbons (Fsp3) is 0.182. The summed E-state index contributed by atoms with van der Waals surface area (Å²) in [4.78, 5) is 4.22. The molecular formula is C11H7F2IN2O. The van der Waals surface area contributed by atoms with E-state index in [9.17, 15) is 8.78 Å². The van der Waals surface area contributed by atoms with E-state index in [-0.39, 0.29) is 0 Å². The van der Waals surface area contributed by atoms with E-state index in [1.165, 1.54) is 12.1 Å². The van der Waals surface area contributed by atoms with Crippen molar-refractivity contribution < 1.29 is 13.5 Å². The molecule has 0 spiro atoms. The van der Waals surface area contributed by atoms with Crippen LogP contribution in [0.25, 0.3) is 11.3 Å².